The van der Waals surface area contributed by atoms with Gasteiger partial charge in [-0.2, -0.15) is 0 Å². The minimum Gasteiger partial charge on any atom is -0.463 e. The molecule has 1 heterocycles. The Bertz CT molecular complexity index is 533. The molecule has 6 heteroatoms. The fourth-order valence-corrected chi connectivity index (χ4v) is 2.35. The van der Waals surface area contributed by atoms with Crippen LogP contribution in [0.1, 0.15) is 24.5 Å². The highest BCUT2D eigenvalue weighted by Crippen LogP contribution is 2.30. The molecule has 0 amide bonds. The summed E-state index contributed by atoms with van der Waals surface area (Å²) in [5.41, 5.74) is 7.36. The molecule has 2 rings (SSSR count). The zero-order chi connectivity index (χ0) is 14.6. The number of carbonyl (C=O) groups excluding carboxylic acids is 1. The van der Waals surface area contributed by atoms with Gasteiger partial charge in [0, 0.05) is 19.4 Å². The predicted molar refractivity (Wildman–Crippen MR) is 83.7 cm³/mol. The molecular weight excluding hydrogens is 292 g/mol. The first-order chi connectivity index (χ1) is 9.59. The Morgan fingerprint density at radius 1 is 1.52 bits per heavy atom. The molecule has 0 saturated heterocycles. The Morgan fingerprint density at radius 2 is 2.29 bits per heavy atom. The van der Waals surface area contributed by atoms with Crippen molar-refractivity contribution in [3.8, 4) is 0 Å². The summed E-state index contributed by atoms with van der Waals surface area (Å²) in [6, 6.07) is 7.98. The lowest BCUT2D eigenvalue weighted by Crippen LogP contribution is -2.43. The summed E-state index contributed by atoms with van der Waals surface area (Å²) >= 11 is 0. The summed E-state index contributed by atoms with van der Waals surface area (Å²) < 4.78 is 5.15. The highest BCUT2D eigenvalue weighted by atomic mass is 35.5. The quantitative estimate of drug-likeness (QED) is 0.844. The third-order valence-electron chi connectivity index (χ3n) is 3.29. The number of halogens is 1. The summed E-state index contributed by atoms with van der Waals surface area (Å²) in [5, 5.41) is 3.92. The van der Waals surface area contributed by atoms with Gasteiger partial charge in [-0.3, -0.25) is 0 Å². The predicted octanol–water partition coefficient (Wildman–Crippen LogP) is 2.00. The maximum absolute atomic E-state index is 12.3. The van der Waals surface area contributed by atoms with Crippen molar-refractivity contribution in [1.82, 2.24) is 0 Å². The summed E-state index contributed by atoms with van der Waals surface area (Å²) in [7, 11) is 0. The first-order valence-corrected chi connectivity index (χ1v) is 6.76. The molecule has 0 aromatic heterocycles. The third-order valence-corrected chi connectivity index (χ3v) is 3.29. The van der Waals surface area contributed by atoms with E-state index in [0.717, 1.165) is 11.1 Å². The first kappa shape index (κ1) is 17.5. The average Bonchev–Trinajstić information content (AvgIpc) is 2.84. The van der Waals surface area contributed by atoms with Crippen LogP contribution in [0, 0.1) is 6.92 Å². The van der Waals surface area contributed by atoms with Gasteiger partial charge < -0.3 is 15.3 Å². The van der Waals surface area contributed by atoms with E-state index >= 15 is 0 Å². The van der Waals surface area contributed by atoms with Gasteiger partial charge in [0.05, 0.1) is 12.3 Å². The van der Waals surface area contributed by atoms with Gasteiger partial charge in [0.2, 0.25) is 5.60 Å². The molecule has 1 aromatic carbocycles. The lowest BCUT2D eigenvalue weighted by molar-refractivity contribution is -0.168. The molecule has 0 aliphatic carbocycles. The van der Waals surface area contributed by atoms with Gasteiger partial charge in [-0.05, 0) is 19.4 Å². The van der Waals surface area contributed by atoms with Gasteiger partial charge in [0.1, 0.15) is 0 Å². The number of ether oxygens (including phenoxy) is 1. The van der Waals surface area contributed by atoms with Gasteiger partial charge in [-0.25, -0.2) is 4.79 Å². The van der Waals surface area contributed by atoms with E-state index < -0.39 is 5.60 Å². The number of rotatable bonds is 5. The zero-order valence-corrected chi connectivity index (χ0v) is 13.1. The second-order valence-corrected chi connectivity index (χ2v) is 5.01. The second-order valence-electron chi connectivity index (χ2n) is 5.01. The summed E-state index contributed by atoms with van der Waals surface area (Å²) in [6.45, 7) is 4.39. The van der Waals surface area contributed by atoms with Crippen LogP contribution in [0.5, 0.6) is 0 Å². The first-order valence-electron chi connectivity index (χ1n) is 6.76. The van der Waals surface area contributed by atoms with E-state index in [-0.39, 0.29) is 24.9 Å². The third kappa shape index (κ3) is 3.95. The number of esters is 1. The summed E-state index contributed by atoms with van der Waals surface area (Å²) in [4.78, 5) is 17.7. The van der Waals surface area contributed by atoms with Gasteiger partial charge in [-0.15, -0.1) is 12.4 Å². The Labute approximate surface area is 130 Å². The Kier molecular flexibility index (Phi) is 6.18. The smallest absolute Gasteiger partial charge is 0.354 e. The number of nitrogens with zero attached hydrogens (tertiary/aromatic N) is 1. The molecule has 5 nitrogen and oxygen atoms in total. The minimum atomic E-state index is -1.07. The number of oxime groups is 1. The molecule has 0 bridgehead atoms. The van der Waals surface area contributed by atoms with Crippen LogP contribution >= 0.6 is 12.4 Å². The zero-order valence-electron chi connectivity index (χ0n) is 12.3. The van der Waals surface area contributed by atoms with Crippen LogP contribution in [0.3, 0.4) is 0 Å². The molecule has 0 saturated carbocycles. The van der Waals surface area contributed by atoms with Crippen LogP contribution in [0.2, 0.25) is 0 Å². The molecule has 1 atom stereocenters. The molecule has 1 aliphatic rings. The topological polar surface area (TPSA) is 73.9 Å². The van der Waals surface area contributed by atoms with E-state index in [4.69, 9.17) is 15.3 Å². The molecule has 2 N–H and O–H groups in total. The van der Waals surface area contributed by atoms with Crippen LogP contribution in [-0.2, 0) is 20.8 Å². The highest BCUT2D eigenvalue weighted by molar-refractivity contribution is 5.94. The fraction of sp³-hybridized carbons (Fsp3) is 0.467. The van der Waals surface area contributed by atoms with E-state index in [1.54, 1.807) is 6.92 Å². The SMILES string of the molecule is CCOC(=O)C1(Cc2cccc(C)c2)CC(CN)=NO1.Cl. The van der Waals surface area contributed by atoms with E-state index in [2.05, 4.69) is 5.16 Å². The van der Waals surface area contributed by atoms with Crippen molar-refractivity contribution in [1.29, 1.82) is 0 Å². The Hall–Kier alpha value is -1.59. The normalized spacial score (nSPS) is 20.2. The number of nitrogens with two attached hydrogens (primary N) is 1. The fourth-order valence-electron chi connectivity index (χ4n) is 2.35. The maximum atomic E-state index is 12.3. The Balaban J connectivity index is 0.00000220. The molecular formula is C15H21ClN2O3. The van der Waals surface area contributed by atoms with Crippen LogP contribution in [0.15, 0.2) is 29.4 Å². The van der Waals surface area contributed by atoms with E-state index in [1.807, 2.05) is 31.2 Å². The molecule has 21 heavy (non-hydrogen) atoms. The molecule has 1 unspecified atom stereocenters. The minimum absolute atomic E-state index is 0. The number of hydrogen-bond acceptors (Lipinski definition) is 5. The highest BCUT2D eigenvalue weighted by Gasteiger charge is 2.47. The maximum Gasteiger partial charge on any atom is 0.354 e. The van der Waals surface area contributed by atoms with Crippen LogP contribution in [0.25, 0.3) is 0 Å². The Morgan fingerprint density at radius 3 is 2.86 bits per heavy atom. The van der Waals surface area contributed by atoms with Crippen molar-refractivity contribution in [3.63, 3.8) is 0 Å². The number of aryl methyl sites for hydroxylation is 1. The van der Waals surface area contributed by atoms with Crippen LogP contribution in [-0.4, -0.2) is 30.4 Å². The number of carbonyl (C=O) groups is 1. The molecule has 116 valence electrons. The summed E-state index contributed by atoms with van der Waals surface area (Å²) in [6.07, 6.45) is 0.816. The van der Waals surface area contributed by atoms with Crippen molar-refractivity contribution in [2.24, 2.45) is 10.9 Å². The second kappa shape index (κ2) is 7.43. The van der Waals surface area contributed by atoms with Crippen LogP contribution in [0.4, 0.5) is 0 Å². The average molecular weight is 313 g/mol. The largest absolute Gasteiger partial charge is 0.463 e. The standard InChI is InChI=1S/C15H20N2O3.ClH/c1-3-19-14(18)15(9-13(10-16)17-20-15)8-12-6-4-5-11(2)7-12;/h4-7H,3,8-10,16H2,1-2H3;1H. The summed E-state index contributed by atoms with van der Waals surface area (Å²) in [5.74, 6) is -0.381. The lowest BCUT2D eigenvalue weighted by atomic mass is 9.89. The van der Waals surface area contributed by atoms with Gasteiger partial charge in [-0.1, -0.05) is 35.0 Å². The van der Waals surface area contributed by atoms with E-state index in [1.165, 1.54) is 0 Å². The molecule has 0 spiro atoms. The van der Waals surface area contributed by atoms with Crippen LogP contribution < -0.4 is 5.73 Å². The van der Waals surface area contributed by atoms with Crippen molar-refractivity contribution >= 4 is 24.1 Å². The van der Waals surface area contributed by atoms with Crippen molar-refractivity contribution in [2.45, 2.75) is 32.3 Å². The van der Waals surface area contributed by atoms with Gasteiger partial charge in [0.15, 0.2) is 0 Å². The number of benzene rings is 1. The van der Waals surface area contributed by atoms with Crippen molar-refractivity contribution < 1.29 is 14.4 Å². The van der Waals surface area contributed by atoms with Gasteiger partial charge >= 0.3 is 5.97 Å². The molecule has 1 aromatic rings. The van der Waals surface area contributed by atoms with Crippen molar-refractivity contribution in [2.75, 3.05) is 13.2 Å². The van der Waals surface area contributed by atoms with E-state index in [9.17, 15) is 4.79 Å². The van der Waals surface area contributed by atoms with Gasteiger partial charge in [0.25, 0.3) is 0 Å². The monoisotopic (exact) mass is 312 g/mol. The molecule has 1 aliphatic heterocycles. The number of hydrogen-bond donors (Lipinski definition) is 1. The molecule has 0 fully saturated rings. The molecule has 0 radical (unpaired) electrons. The van der Waals surface area contributed by atoms with E-state index in [0.29, 0.717) is 25.2 Å². The lowest BCUT2D eigenvalue weighted by Gasteiger charge is -2.24. The van der Waals surface area contributed by atoms with Crippen molar-refractivity contribution in [3.05, 3.63) is 35.4 Å².